The zero-order valence-electron chi connectivity index (χ0n) is 12.3. The molecule has 2 rings (SSSR count). The predicted molar refractivity (Wildman–Crippen MR) is 79.8 cm³/mol. The average Bonchev–Trinajstić information content (AvgIpc) is 2.64. The molecule has 0 radical (unpaired) electrons. The van der Waals surface area contributed by atoms with Gasteiger partial charge in [-0.25, -0.2) is 0 Å². The molecular weight excluding hydrogens is 252 g/mol. The quantitative estimate of drug-likeness (QED) is 0.895. The molecule has 1 heterocycles. The number of aryl methyl sites for hydroxylation is 2. The summed E-state index contributed by atoms with van der Waals surface area (Å²) in [6, 6.07) is 7.81. The summed E-state index contributed by atoms with van der Waals surface area (Å²) >= 11 is 0. The van der Waals surface area contributed by atoms with Crippen molar-refractivity contribution in [2.45, 2.75) is 20.4 Å². The average molecular weight is 272 g/mol. The Kier molecular flexibility index (Phi) is 4.20. The molecule has 2 aromatic rings. The molecule has 0 atom stereocenters. The summed E-state index contributed by atoms with van der Waals surface area (Å²) < 4.78 is 1.72. The molecule has 0 saturated carbocycles. The fourth-order valence-corrected chi connectivity index (χ4v) is 2.26. The van der Waals surface area contributed by atoms with E-state index in [4.69, 9.17) is 0 Å². The maximum atomic E-state index is 12.4. The van der Waals surface area contributed by atoms with Crippen molar-refractivity contribution >= 4 is 11.6 Å². The van der Waals surface area contributed by atoms with Gasteiger partial charge in [0.05, 0.1) is 11.3 Å². The molecule has 0 spiro atoms. The molecule has 1 aromatic heterocycles. The van der Waals surface area contributed by atoms with Crippen LogP contribution < -0.4 is 10.6 Å². The third-order valence-electron chi connectivity index (χ3n) is 3.30. The standard InChI is InChI=1S/C15H20N4O/c1-10-14(11(2)19(4)18-10)15(20)17-13-7-5-6-12(8-13)9-16-3/h5-8,16H,9H2,1-4H3,(H,17,20). The van der Waals surface area contributed by atoms with Gasteiger partial charge in [0.2, 0.25) is 0 Å². The van der Waals surface area contributed by atoms with Gasteiger partial charge >= 0.3 is 0 Å². The van der Waals surface area contributed by atoms with Crippen LogP contribution in [0.25, 0.3) is 0 Å². The van der Waals surface area contributed by atoms with E-state index < -0.39 is 0 Å². The van der Waals surface area contributed by atoms with E-state index in [-0.39, 0.29) is 5.91 Å². The molecular formula is C15H20N4O. The van der Waals surface area contributed by atoms with Crippen LogP contribution in [-0.4, -0.2) is 22.7 Å². The van der Waals surface area contributed by atoms with Crippen LogP contribution >= 0.6 is 0 Å². The summed E-state index contributed by atoms with van der Waals surface area (Å²) in [5.41, 5.74) is 4.18. The number of carbonyl (C=O) groups excluding carboxylic acids is 1. The Morgan fingerprint density at radius 3 is 2.70 bits per heavy atom. The van der Waals surface area contributed by atoms with Crippen molar-refractivity contribution in [1.82, 2.24) is 15.1 Å². The van der Waals surface area contributed by atoms with Crippen molar-refractivity contribution in [2.75, 3.05) is 12.4 Å². The van der Waals surface area contributed by atoms with Crippen molar-refractivity contribution in [3.05, 3.63) is 46.8 Å². The third kappa shape index (κ3) is 2.88. The molecule has 1 aromatic carbocycles. The third-order valence-corrected chi connectivity index (χ3v) is 3.30. The van der Waals surface area contributed by atoms with Crippen molar-refractivity contribution in [3.63, 3.8) is 0 Å². The number of carbonyl (C=O) groups is 1. The SMILES string of the molecule is CNCc1cccc(NC(=O)c2c(C)nn(C)c2C)c1. The smallest absolute Gasteiger partial charge is 0.259 e. The summed E-state index contributed by atoms with van der Waals surface area (Å²) in [7, 11) is 3.74. The Labute approximate surface area is 119 Å². The lowest BCUT2D eigenvalue weighted by Gasteiger charge is -2.07. The second-order valence-corrected chi connectivity index (χ2v) is 4.85. The largest absolute Gasteiger partial charge is 0.322 e. The van der Waals surface area contributed by atoms with E-state index >= 15 is 0 Å². The van der Waals surface area contributed by atoms with E-state index in [0.29, 0.717) is 5.56 Å². The minimum atomic E-state index is -0.116. The maximum Gasteiger partial charge on any atom is 0.259 e. The zero-order chi connectivity index (χ0) is 14.7. The zero-order valence-corrected chi connectivity index (χ0v) is 12.3. The number of nitrogens with one attached hydrogen (secondary N) is 2. The highest BCUT2D eigenvalue weighted by Gasteiger charge is 2.17. The van der Waals surface area contributed by atoms with E-state index in [1.807, 2.05) is 52.2 Å². The van der Waals surface area contributed by atoms with Gasteiger partial charge in [0.15, 0.2) is 0 Å². The van der Waals surface area contributed by atoms with E-state index in [2.05, 4.69) is 15.7 Å². The number of aromatic nitrogens is 2. The lowest BCUT2D eigenvalue weighted by atomic mass is 10.1. The van der Waals surface area contributed by atoms with Crippen LogP contribution in [0.2, 0.25) is 0 Å². The Morgan fingerprint density at radius 2 is 2.10 bits per heavy atom. The molecule has 106 valence electrons. The first-order valence-electron chi connectivity index (χ1n) is 6.58. The molecule has 0 saturated heterocycles. The summed E-state index contributed by atoms with van der Waals surface area (Å²) in [4.78, 5) is 12.4. The summed E-state index contributed by atoms with van der Waals surface area (Å²) in [5, 5.41) is 10.3. The first-order valence-corrected chi connectivity index (χ1v) is 6.58. The van der Waals surface area contributed by atoms with Crippen molar-refractivity contribution in [3.8, 4) is 0 Å². The number of hydrogen-bond donors (Lipinski definition) is 2. The molecule has 0 bridgehead atoms. The minimum Gasteiger partial charge on any atom is -0.322 e. The number of amides is 1. The van der Waals surface area contributed by atoms with Crippen LogP contribution in [0, 0.1) is 13.8 Å². The Balaban J connectivity index is 2.21. The highest BCUT2D eigenvalue weighted by atomic mass is 16.1. The van der Waals surface area contributed by atoms with Gasteiger partial charge in [0.25, 0.3) is 5.91 Å². The van der Waals surface area contributed by atoms with Gasteiger partial charge in [-0.15, -0.1) is 0 Å². The van der Waals surface area contributed by atoms with Crippen LogP contribution in [0.3, 0.4) is 0 Å². The fourth-order valence-electron chi connectivity index (χ4n) is 2.26. The molecule has 0 aliphatic carbocycles. The molecule has 20 heavy (non-hydrogen) atoms. The van der Waals surface area contributed by atoms with Crippen LogP contribution in [-0.2, 0) is 13.6 Å². The molecule has 0 unspecified atom stereocenters. The van der Waals surface area contributed by atoms with Crippen LogP contribution in [0.1, 0.15) is 27.3 Å². The number of nitrogens with zero attached hydrogens (tertiary/aromatic N) is 2. The first kappa shape index (κ1) is 14.3. The van der Waals surface area contributed by atoms with Crippen LogP contribution in [0.4, 0.5) is 5.69 Å². The Morgan fingerprint density at radius 1 is 1.35 bits per heavy atom. The highest BCUT2D eigenvalue weighted by molar-refractivity contribution is 6.05. The summed E-state index contributed by atoms with van der Waals surface area (Å²) in [6.07, 6.45) is 0. The Bertz CT molecular complexity index is 631. The van der Waals surface area contributed by atoms with Gasteiger partial charge in [-0.05, 0) is 38.6 Å². The molecule has 0 aliphatic rings. The van der Waals surface area contributed by atoms with Crippen LogP contribution in [0.5, 0.6) is 0 Å². The second kappa shape index (κ2) is 5.88. The van der Waals surface area contributed by atoms with Gasteiger partial charge in [0, 0.05) is 25.0 Å². The van der Waals surface area contributed by atoms with Crippen molar-refractivity contribution in [2.24, 2.45) is 7.05 Å². The number of rotatable bonds is 4. The second-order valence-electron chi connectivity index (χ2n) is 4.85. The van der Waals surface area contributed by atoms with Gasteiger partial charge in [-0.3, -0.25) is 9.48 Å². The van der Waals surface area contributed by atoms with Gasteiger partial charge in [0.1, 0.15) is 0 Å². The molecule has 0 aliphatic heterocycles. The normalized spacial score (nSPS) is 10.6. The summed E-state index contributed by atoms with van der Waals surface area (Å²) in [5.74, 6) is -0.116. The fraction of sp³-hybridized carbons (Fsp3) is 0.333. The van der Waals surface area contributed by atoms with Gasteiger partial charge < -0.3 is 10.6 Å². The minimum absolute atomic E-state index is 0.116. The highest BCUT2D eigenvalue weighted by Crippen LogP contribution is 2.16. The predicted octanol–water partition coefficient (Wildman–Crippen LogP) is 2.01. The van der Waals surface area contributed by atoms with Crippen LogP contribution in [0.15, 0.2) is 24.3 Å². The molecule has 5 heteroatoms. The molecule has 1 amide bonds. The summed E-state index contributed by atoms with van der Waals surface area (Å²) in [6.45, 7) is 4.51. The van der Waals surface area contributed by atoms with E-state index in [1.54, 1.807) is 4.68 Å². The van der Waals surface area contributed by atoms with Gasteiger partial charge in [-0.2, -0.15) is 5.10 Å². The molecule has 2 N–H and O–H groups in total. The molecule has 0 fully saturated rings. The number of benzene rings is 1. The van der Waals surface area contributed by atoms with E-state index in [1.165, 1.54) is 0 Å². The van der Waals surface area contributed by atoms with E-state index in [0.717, 1.165) is 29.2 Å². The molecule has 5 nitrogen and oxygen atoms in total. The topological polar surface area (TPSA) is 58.9 Å². The maximum absolute atomic E-state index is 12.4. The Hall–Kier alpha value is -2.14. The lowest BCUT2D eigenvalue weighted by Crippen LogP contribution is -2.14. The number of anilines is 1. The van der Waals surface area contributed by atoms with Crippen molar-refractivity contribution in [1.29, 1.82) is 0 Å². The monoisotopic (exact) mass is 272 g/mol. The van der Waals surface area contributed by atoms with Gasteiger partial charge in [-0.1, -0.05) is 12.1 Å². The number of hydrogen-bond acceptors (Lipinski definition) is 3. The van der Waals surface area contributed by atoms with Crippen molar-refractivity contribution < 1.29 is 4.79 Å². The first-order chi connectivity index (χ1) is 9.52. The van der Waals surface area contributed by atoms with E-state index in [9.17, 15) is 4.79 Å². The lowest BCUT2D eigenvalue weighted by molar-refractivity contribution is 0.102.